The number of carboxylic acid groups (broad SMARTS) is 1. The molecule has 0 amide bonds. The van der Waals surface area contributed by atoms with Crippen molar-refractivity contribution in [3.8, 4) is 0 Å². The summed E-state index contributed by atoms with van der Waals surface area (Å²) < 4.78 is 0. The van der Waals surface area contributed by atoms with Crippen molar-refractivity contribution in [2.45, 2.75) is 18.4 Å². The van der Waals surface area contributed by atoms with E-state index in [2.05, 4.69) is 5.32 Å². The van der Waals surface area contributed by atoms with E-state index in [1.807, 2.05) is 0 Å². The average molecular weight is 192 g/mol. The number of ketones is 1. The van der Waals surface area contributed by atoms with Crippen LogP contribution in [-0.4, -0.2) is 34.8 Å². The molecule has 1 aliphatic heterocycles. The molecule has 0 aromatic carbocycles. The summed E-state index contributed by atoms with van der Waals surface area (Å²) in [4.78, 5) is 22.0. The van der Waals surface area contributed by atoms with Crippen LogP contribution in [0.4, 0.5) is 0 Å². The first-order valence-electron chi connectivity index (χ1n) is 3.71. The zero-order valence-electron chi connectivity index (χ0n) is 6.47. The Labute approximate surface area is 74.9 Å². The Morgan fingerprint density at radius 3 is 2.58 bits per heavy atom. The topological polar surface area (TPSA) is 66.4 Å². The van der Waals surface area contributed by atoms with Crippen LogP contribution >= 0.6 is 11.6 Å². The number of hydrogen-bond acceptors (Lipinski definition) is 3. The number of carboxylic acids is 1. The fourth-order valence-corrected chi connectivity index (χ4v) is 1.63. The van der Waals surface area contributed by atoms with Gasteiger partial charge < -0.3 is 5.11 Å². The molecule has 1 saturated heterocycles. The average Bonchev–Trinajstić information content (AvgIpc) is 2.52. The Kier molecular flexibility index (Phi) is 2.69. The number of Topliss-reactive ketones (excluding diaryl/α,β-unsaturated/α-hetero) is 1. The first kappa shape index (κ1) is 9.48. The van der Waals surface area contributed by atoms with Crippen molar-refractivity contribution < 1.29 is 14.7 Å². The summed E-state index contributed by atoms with van der Waals surface area (Å²) in [6.07, 6.45) is 1.04. The normalized spacial score (nSPS) is 28.8. The van der Waals surface area contributed by atoms with Gasteiger partial charge in [0.2, 0.25) is 0 Å². The third-order valence-corrected chi connectivity index (χ3v) is 2.36. The smallest absolute Gasteiger partial charge is 0.331 e. The lowest BCUT2D eigenvalue weighted by atomic mass is 9.93. The Hall–Kier alpha value is -0.610. The second-order valence-corrected chi connectivity index (χ2v) is 3.06. The minimum absolute atomic E-state index is 0.251. The van der Waals surface area contributed by atoms with Crippen LogP contribution in [0.1, 0.15) is 12.8 Å². The molecule has 0 aromatic rings. The molecule has 1 heterocycles. The number of carbonyl (C=O) groups is 2. The molecule has 0 spiro atoms. The molecule has 4 nitrogen and oxygen atoms in total. The molecule has 0 radical (unpaired) electrons. The van der Waals surface area contributed by atoms with Crippen LogP contribution in [0.5, 0.6) is 0 Å². The van der Waals surface area contributed by atoms with Crippen molar-refractivity contribution in [1.29, 1.82) is 0 Å². The van der Waals surface area contributed by atoms with E-state index in [0.29, 0.717) is 19.4 Å². The van der Waals surface area contributed by atoms with Gasteiger partial charge in [-0.2, -0.15) is 0 Å². The molecule has 0 aliphatic carbocycles. The van der Waals surface area contributed by atoms with Crippen molar-refractivity contribution in [2.24, 2.45) is 0 Å². The summed E-state index contributed by atoms with van der Waals surface area (Å²) in [6, 6.07) is 0. The quantitative estimate of drug-likeness (QED) is 0.487. The van der Waals surface area contributed by atoms with Crippen LogP contribution in [0, 0.1) is 0 Å². The molecule has 0 bridgehead atoms. The lowest BCUT2D eigenvalue weighted by Crippen LogP contribution is -2.54. The summed E-state index contributed by atoms with van der Waals surface area (Å²) in [5, 5.41) is 11.5. The van der Waals surface area contributed by atoms with Gasteiger partial charge in [0.25, 0.3) is 0 Å². The fourth-order valence-electron chi connectivity index (χ4n) is 1.40. The fraction of sp³-hybridized carbons (Fsp3) is 0.714. The number of nitrogens with one attached hydrogen (secondary N) is 1. The minimum atomic E-state index is -1.40. The number of alkyl halides is 1. The van der Waals surface area contributed by atoms with Crippen LogP contribution in [-0.2, 0) is 9.59 Å². The molecule has 2 N–H and O–H groups in total. The van der Waals surface area contributed by atoms with E-state index in [0.717, 1.165) is 0 Å². The van der Waals surface area contributed by atoms with Gasteiger partial charge in [0.1, 0.15) is 0 Å². The summed E-state index contributed by atoms with van der Waals surface area (Å²) >= 11 is 5.31. The molecular weight excluding hydrogens is 182 g/mol. The third-order valence-electron chi connectivity index (χ3n) is 2.12. The highest BCUT2D eigenvalue weighted by atomic mass is 35.5. The number of hydrogen-bond donors (Lipinski definition) is 2. The van der Waals surface area contributed by atoms with Crippen LogP contribution in [0.3, 0.4) is 0 Å². The van der Waals surface area contributed by atoms with Crippen LogP contribution in [0.15, 0.2) is 0 Å². The monoisotopic (exact) mass is 191 g/mol. The van der Waals surface area contributed by atoms with E-state index >= 15 is 0 Å². The Balaban J connectivity index is 2.86. The summed E-state index contributed by atoms with van der Waals surface area (Å²) in [7, 11) is 0. The molecule has 0 unspecified atom stereocenters. The molecule has 0 aromatic heterocycles. The van der Waals surface area contributed by atoms with E-state index < -0.39 is 17.3 Å². The largest absolute Gasteiger partial charge is 0.480 e. The highest BCUT2D eigenvalue weighted by Gasteiger charge is 2.47. The van der Waals surface area contributed by atoms with Gasteiger partial charge in [-0.15, -0.1) is 11.6 Å². The van der Waals surface area contributed by atoms with Gasteiger partial charge in [-0.1, -0.05) is 0 Å². The van der Waals surface area contributed by atoms with Gasteiger partial charge in [-0.3, -0.25) is 10.1 Å². The predicted molar refractivity (Wildman–Crippen MR) is 43.3 cm³/mol. The van der Waals surface area contributed by atoms with Gasteiger partial charge in [0.15, 0.2) is 11.3 Å². The van der Waals surface area contributed by atoms with Gasteiger partial charge in [-0.05, 0) is 19.4 Å². The molecule has 1 atom stereocenters. The molecule has 0 saturated carbocycles. The van der Waals surface area contributed by atoms with Crippen molar-refractivity contribution in [1.82, 2.24) is 5.32 Å². The minimum Gasteiger partial charge on any atom is -0.480 e. The Morgan fingerprint density at radius 1 is 1.58 bits per heavy atom. The molecule has 1 rings (SSSR count). The number of carbonyl (C=O) groups excluding carboxylic acids is 1. The lowest BCUT2D eigenvalue weighted by molar-refractivity contribution is -0.148. The predicted octanol–water partition coefficient (Wildman–Crippen LogP) is 0.00110. The summed E-state index contributed by atoms with van der Waals surface area (Å²) in [6.45, 7) is 0.564. The molecule has 12 heavy (non-hydrogen) atoms. The second-order valence-electron chi connectivity index (χ2n) is 2.80. The van der Waals surface area contributed by atoms with E-state index in [-0.39, 0.29) is 5.88 Å². The van der Waals surface area contributed by atoms with Gasteiger partial charge in [0.05, 0.1) is 5.88 Å². The number of halogens is 1. The van der Waals surface area contributed by atoms with E-state index in [4.69, 9.17) is 16.7 Å². The SMILES string of the molecule is O=C(O)[C@]1(C(=O)CCl)CCCN1. The van der Waals surface area contributed by atoms with Gasteiger partial charge >= 0.3 is 5.97 Å². The molecule has 1 fully saturated rings. The van der Waals surface area contributed by atoms with Crippen molar-refractivity contribution in [2.75, 3.05) is 12.4 Å². The maximum absolute atomic E-state index is 11.2. The maximum Gasteiger partial charge on any atom is 0.331 e. The van der Waals surface area contributed by atoms with Crippen molar-refractivity contribution >= 4 is 23.4 Å². The van der Waals surface area contributed by atoms with Crippen LogP contribution < -0.4 is 5.32 Å². The Morgan fingerprint density at radius 2 is 2.25 bits per heavy atom. The van der Waals surface area contributed by atoms with Gasteiger partial charge in [-0.25, -0.2) is 4.79 Å². The first-order chi connectivity index (χ1) is 5.63. The number of aliphatic carboxylic acids is 1. The second kappa shape index (κ2) is 3.41. The van der Waals surface area contributed by atoms with E-state index in [1.54, 1.807) is 0 Å². The highest BCUT2D eigenvalue weighted by Crippen LogP contribution is 2.21. The Bertz CT molecular complexity index is 211. The van der Waals surface area contributed by atoms with Crippen molar-refractivity contribution in [3.05, 3.63) is 0 Å². The standard InChI is InChI=1S/C7H10ClNO3/c8-4-5(10)7(6(11)12)2-1-3-9-7/h9H,1-4H2,(H,11,12)/t7-/m1/s1. The van der Waals surface area contributed by atoms with E-state index in [9.17, 15) is 9.59 Å². The maximum atomic E-state index is 11.2. The molecule has 5 heteroatoms. The number of rotatable bonds is 3. The molecular formula is C7H10ClNO3. The van der Waals surface area contributed by atoms with Crippen LogP contribution in [0.2, 0.25) is 0 Å². The van der Waals surface area contributed by atoms with E-state index in [1.165, 1.54) is 0 Å². The summed E-state index contributed by atoms with van der Waals surface area (Å²) in [5.41, 5.74) is -1.40. The van der Waals surface area contributed by atoms with Crippen LogP contribution in [0.25, 0.3) is 0 Å². The molecule has 68 valence electrons. The summed E-state index contributed by atoms with van der Waals surface area (Å²) in [5.74, 6) is -1.82. The zero-order chi connectivity index (χ0) is 9.19. The molecule has 1 aliphatic rings. The lowest BCUT2D eigenvalue weighted by Gasteiger charge is -2.21. The van der Waals surface area contributed by atoms with Crippen molar-refractivity contribution in [3.63, 3.8) is 0 Å². The third kappa shape index (κ3) is 1.32. The first-order valence-corrected chi connectivity index (χ1v) is 4.24. The zero-order valence-corrected chi connectivity index (χ0v) is 7.23. The van der Waals surface area contributed by atoms with Gasteiger partial charge in [0, 0.05) is 0 Å². The highest BCUT2D eigenvalue weighted by molar-refractivity contribution is 6.31.